The van der Waals surface area contributed by atoms with Crippen LogP contribution in [0.15, 0.2) is 17.1 Å². The molecule has 0 radical (unpaired) electrons. The SMILES string of the molecule is CCNC(=NCc1ccc(CC)s1)NC1CC1C. The molecule has 2 rings (SSSR count). The number of nitrogens with zero attached hydrogens (tertiary/aromatic N) is 1. The van der Waals surface area contributed by atoms with Crippen LogP contribution in [0.4, 0.5) is 0 Å². The van der Waals surface area contributed by atoms with Crippen LogP contribution in [0.3, 0.4) is 0 Å². The van der Waals surface area contributed by atoms with Gasteiger partial charge in [0.1, 0.15) is 0 Å². The molecule has 2 atom stereocenters. The third-order valence-electron chi connectivity index (χ3n) is 3.23. The summed E-state index contributed by atoms with van der Waals surface area (Å²) in [4.78, 5) is 7.43. The van der Waals surface area contributed by atoms with E-state index in [2.05, 4.69) is 48.5 Å². The van der Waals surface area contributed by atoms with E-state index >= 15 is 0 Å². The normalized spacial score (nSPS) is 22.9. The quantitative estimate of drug-likeness (QED) is 0.634. The topological polar surface area (TPSA) is 36.4 Å². The van der Waals surface area contributed by atoms with E-state index in [0.717, 1.165) is 31.4 Å². The number of nitrogens with one attached hydrogen (secondary N) is 2. The van der Waals surface area contributed by atoms with Gasteiger partial charge in [0.15, 0.2) is 5.96 Å². The number of aliphatic imine (C=N–C) groups is 1. The molecule has 0 aliphatic heterocycles. The molecular formula is C14H23N3S. The highest BCUT2D eigenvalue weighted by molar-refractivity contribution is 7.11. The van der Waals surface area contributed by atoms with Gasteiger partial charge in [0.2, 0.25) is 0 Å². The third-order valence-corrected chi connectivity index (χ3v) is 4.45. The van der Waals surface area contributed by atoms with Crippen LogP contribution in [0.2, 0.25) is 0 Å². The molecule has 100 valence electrons. The molecule has 1 aromatic heterocycles. The van der Waals surface area contributed by atoms with Gasteiger partial charge in [-0.15, -0.1) is 11.3 Å². The molecule has 0 saturated heterocycles. The first kappa shape index (κ1) is 13.4. The zero-order valence-electron chi connectivity index (χ0n) is 11.5. The van der Waals surface area contributed by atoms with Crippen molar-refractivity contribution < 1.29 is 0 Å². The Morgan fingerprint density at radius 3 is 2.67 bits per heavy atom. The lowest BCUT2D eigenvalue weighted by Crippen LogP contribution is -2.39. The molecule has 0 amide bonds. The van der Waals surface area contributed by atoms with Crippen molar-refractivity contribution in [3.05, 3.63) is 21.9 Å². The lowest BCUT2D eigenvalue weighted by molar-refractivity contribution is 0.767. The molecule has 1 heterocycles. The predicted octanol–water partition coefficient (Wildman–Crippen LogP) is 2.77. The van der Waals surface area contributed by atoms with E-state index in [1.54, 1.807) is 0 Å². The Balaban J connectivity index is 1.90. The van der Waals surface area contributed by atoms with E-state index in [1.807, 2.05) is 11.3 Å². The molecule has 1 saturated carbocycles. The molecule has 18 heavy (non-hydrogen) atoms. The first-order valence-electron chi connectivity index (χ1n) is 6.85. The van der Waals surface area contributed by atoms with Crippen LogP contribution < -0.4 is 10.6 Å². The number of aryl methyl sites for hydroxylation is 1. The highest BCUT2D eigenvalue weighted by Gasteiger charge is 2.33. The minimum atomic E-state index is 0.623. The Morgan fingerprint density at radius 2 is 2.11 bits per heavy atom. The molecule has 0 aromatic carbocycles. The number of hydrogen-bond donors (Lipinski definition) is 2. The molecule has 1 aromatic rings. The maximum atomic E-state index is 4.65. The fourth-order valence-corrected chi connectivity index (χ4v) is 2.76. The first-order chi connectivity index (χ1) is 8.72. The summed E-state index contributed by atoms with van der Waals surface area (Å²) in [5.41, 5.74) is 0. The average Bonchev–Trinajstić information content (AvgIpc) is 2.89. The van der Waals surface area contributed by atoms with Gasteiger partial charge in [0, 0.05) is 22.3 Å². The molecule has 2 N–H and O–H groups in total. The van der Waals surface area contributed by atoms with Gasteiger partial charge >= 0.3 is 0 Å². The van der Waals surface area contributed by atoms with Gasteiger partial charge in [-0.25, -0.2) is 4.99 Å². The summed E-state index contributed by atoms with van der Waals surface area (Å²) in [5.74, 6) is 1.75. The molecular weight excluding hydrogens is 242 g/mol. The third kappa shape index (κ3) is 3.73. The molecule has 0 spiro atoms. The standard InChI is InChI=1S/C14H23N3S/c1-4-11-6-7-12(18-11)9-16-14(15-5-2)17-13-8-10(13)3/h6-7,10,13H,4-5,8-9H2,1-3H3,(H2,15,16,17). The summed E-state index contributed by atoms with van der Waals surface area (Å²) in [6, 6.07) is 5.02. The van der Waals surface area contributed by atoms with Gasteiger partial charge < -0.3 is 10.6 Å². The van der Waals surface area contributed by atoms with E-state index < -0.39 is 0 Å². The van der Waals surface area contributed by atoms with Gasteiger partial charge in [-0.3, -0.25) is 0 Å². The highest BCUT2D eigenvalue weighted by atomic mass is 32.1. The number of guanidine groups is 1. The first-order valence-corrected chi connectivity index (χ1v) is 7.67. The van der Waals surface area contributed by atoms with E-state index in [4.69, 9.17) is 0 Å². The Morgan fingerprint density at radius 1 is 1.39 bits per heavy atom. The minimum Gasteiger partial charge on any atom is -0.357 e. The zero-order valence-corrected chi connectivity index (χ0v) is 12.3. The van der Waals surface area contributed by atoms with Crippen LogP contribution in [0.1, 0.15) is 36.9 Å². The van der Waals surface area contributed by atoms with Crippen LogP contribution in [-0.4, -0.2) is 18.5 Å². The lowest BCUT2D eigenvalue weighted by Gasteiger charge is -2.10. The molecule has 1 fully saturated rings. The van der Waals surface area contributed by atoms with Crippen LogP contribution in [0, 0.1) is 5.92 Å². The van der Waals surface area contributed by atoms with Crippen LogP contribution >= 0.6 is 11.3 Å². The van der Waals surface area contributed by atoms with Crippen molar-refractivity contribution in [3.8, 4) is 0 Å². The van der Waals surface area contributed by atoms with Crippen molar-refractivity contribution in [2.45, 2.75) is 46.2 Å². The molecule has 0 bridgehead atoms. The van der Waals surface area contributed by atoms with Gasteiger partial charge in [0.05, 0.1) is 6.54 Å². The largest absolute Gasteiger partial charge is 0.357 e. The second-order valence-electron chi connectivity index (χ2n) is 4.88. The summed E-state index contributed by atoms with van der Waals surface area (Å²) in [6.07, 6.45) is 2.38. The fraction of sp³-hybridized carbons (Fsp3) is 0.643. The van der Waals surface area contributed by atoms with Crippen molar-refractivity contribution in [2.75, 3.05) is 6.54 Å². The van der Waals surface area contributed by atoms with Crippen molar-refractivity contribution in [2.24, 2.45) is 10.9 Å². The lowest BCUT2D eigenvalue weighted by atomic mass is 10.4. The van der Waals surface area contributed by atoms with Crippen molar-refractivity contribution in [1.29, 1.82) is 0 Å². The number of hydrogen-bond acceptors (Lipinski definition) is 2. The summed E-state index contributed by atoms with van der Waals surface area (Å²) in [6.45, 7) is 8.26. The fourth-order valence-electron chi connectivity index (χ4n) is 1.87. The van der Waals surface area contributed by atoms with Gasteiger partial charge in [-0.1, -0.05) is 13.8 Å². The summed E-state index contributed by atoms with van der Waals surface area (Å²) in [7, 11) is 0. The number of thiophene rings is 1. The van der Waals surface area contributed by atoms with Crippen molar-refractivity contribution >= 4 is 17.3 Å². The van der Waals surface area contributed by atoms with E-state index in [1.165, 1.54) is 16.2 Å². The molecule has 1 aliphatic rings. The molecule has 1 aliphatic carbocycles. The second-order valence-corrected chi connectivity index (χ2v) is 6.13. The van der Waals surface area contributed by atoms with Crippen molar-refractivity contribution in [1.82, 2.24) is 10.6 Å². The zero-order chi connectivity index (χ0) is 13.0. The van der Waals surface area contributed by atoms with Crippen molar-refractivity contribution in [3.63, 3.8) is 0 Å². The van der Waals surface area contributed by atoms with Crippen LogP contribution in [0.5, 0.6) is 0 Å². The molecule has 4 heteroatoms. The second kappa shape index (κ2) is 6.23. The van der Waals surface area contributed by atoms with E-state index in [-0.39, 0.29) is 0 Å². The van der Waals surface area contributed by atoms with Gasteiger partial charge in [-0.2, -0.15) is 0 Å². The van der Waals surface area contributed by atoms with Gasteiger partial charge in [0.25, 0.3) is 0 Å². The molecule has 3 nitrogen and oxygen atoms in total. The predicted molar refractivity (Wildman–Crippen MR) is 79.2 cm³/mol. The smallest absolute Gasteiger partial charge is 0.191 e. The monoisotopic (exact) mass is 265 g/mol. The number of rotatable bonds is 5. The molecule has 2 unspecified atom stereocenters. The summed E-state index contributed by atoms with van der Waals surface area (Å²) >= 11 is 1.87. The van der Waals surface area contributed by atoms with E-state index in [0.29, 0.717) is 6.04 Å². The van der Waals surface area contributed by atoms with E-state index in [9.17, 15) is 0 Å². The Bertz CT molecular complexity index is 411. The Labute approximate surface area is 114 Å². The summed E-state index contributed by atoms with van der Waals surface area (Å²) in [5, 5.41) is 6.79. The highest BCUT2D eigenvalue weighted by Crippen LogP contribution is 2.28. The van der Waals surface area contributed by atoms with Gasteiger partial charge in [-0.05, 0) is 37.8 Å². The average molecular weight is 265 g/mol. The maximum Gasteiger partial charge on any atom is 0.191 e. The van der Waals surface area contributed by atoms with Crippen LogP contribution in [-0.2, 0) is 13.0 Å². The summed E-state index contributed by atoms with van der Waals surface area (Å²) < 4.78 is 0. The Hall–Kier alpha value is -1.03. The Kier molecular flexibility index (Phi) is 4.64. The van der Waals surface area contributed by atoms with Crippen LogP contribution in [0.25, 0.3) is 0 Å². The minimum absolute atomic E-state index is 0.623. The maximum absolute atomic E-state index is 4.65.